The fourth-order valence-electron chi connectivity index (χ4n) is 8.10. The third-order valence-corrected chi connectivity index (χ3v) is 11.2. The van der Waals surface area contributed by atoms with Crippen LogP contribution in [0.4, 0.5) is 22.8 Å². The van der Waals surface area contributed by atoms with E-state index in [0.29, 0.717) is 45.0 Å². The Morgan fingerprint density at radius 2 is 1.91 bits per heavy atom. The average Bonchev–Trinajstić information content (AvgIpc) is 3.97. The first-order valence-electron chi connectivity index (χ1n) is 19.2. The number of ether oxygens (including phenoxy) is 2. The van der Waals surface area contributed by atoms with Crippen LogP contribution in [0.3, 0.4) is 0 Å². The van der Waals surface area contributed by atoms with Crippen molar-refractivity contribution in [2.75, 3.05) is 59.0 Å². The summed E-state index contributed by atoms with van der Waals surface area (Å²) in [7, 11) is 0. The molecule has 3 fully saturated rings. The number of urea groups is 1. The van der Waals surface area contributed by atoms with E-state index in [0.717, 1.165) is 23.8 Å². The minimum atomic E-state index is -1.20. The zero-order valence-corrected chi connectivity index (χ0v) is 31.2. The second kappa shape index (κ2) is 17.5. The molecule has 3 N–H and O–H groups in total. The maximum Gasteiger partial charge on any atom is 0.407 e. The van der Waals surface area contributed by atoms with Crippen LogP contribution in [0.5, 0.6) is 0 Å². The Hall–Kier alpha value is -4.93. The Kier molecular flexibility index (Phi) is 12.3. The molecule has 0 saturated carbocycles. The molecule has 1 unspecified atom stereocenters. The van der Waals surface area contributed by atoms with E-state index in [1.165, 1.54) is 17.1 Å². The predicted octanol–water partition coefficient (Wildman–Crippen LogP) is 4.09. The summed E-state index contributed by atoms with van der Waals surface area (Å²) in [5.41, 5.74) is 1.12. The van der Waals surface area contributed by atoms with Crippen molar-refractivity contribution in [2.45, 2.75) is 50.9 Å². The van der Waals surface area contributed by atoms with Gasteiger partial charge in [0.15, 0.2) is 0 Å². The highest BCUT2D eigenvalue weighted by atomic mass is 19.1. The van der Waals surface area contributed by atoms with Crippen molar-refractivity contribution >= 4 is 18.0 Å². The summed E-state index contributed by atoms with van der Waals surface area (Å²) in [6.45, 7) is 4.13. The number of alkyl carbamates (subject to hydrolysis) is 1. The third kappa shape index (κ3) is 8.87. The topological polar surface area (TPSA) is 142 Å². The lowest BCUT2D eigenvalue weighted by molar-refractivity contribution is -0.130. The molecule has 7 rings (SSSR count). The number of rotatable bonds is 12. The molecule has 3 saturated heterocycles. The number of benzene rings is 2. The Balaban J connectivity index is 1.19. The minimum absolute atomic E-state index is 0.0167. The molecule has 4 amide bonds. The van der Waals surface area contributed by atoms with E-state index in [1.54, 1.807) is 16.0 Å². The van der Waals surface area contributed by atoms with E-state index < -0.39 is 48.2 Å². The molecule has 4 aliphatic rings. The highest BCUT2D eigenvalue weighted by molar-refractivity contribution is 5.90. The molecular weight excluding hydrogens is 731 g/mol. The first kappa shape index (κ1) is 39.3. The van der Waals surface area contributed by atoms with E-state index >= 15 is 13.6 Å². The largest absolute Gasteiger partial charge is 0.444 e. The molecule has 0 aliphatic carbocycles. The molecule has 56 heavy (non-hydrogen) atoms. The molecule has 6 atom stereocenters. The van der Waals surface area contributed by atoms with Crippen LogP contribution in [-0.2, 0) is 20.8 Å². The second-order valence-electron chi connectivity index (χ2n) is 15.0. The molecule has 16 heteroatoms. The van der Waals surface area contributed by atoms with Crippen LogP contribution in [0.2, 0.25) is 0 Å². The third-order valence-electron chi connectivity index (χ3n) is 11.2. The van der Waals surface area contributed by atoms with Crippen LogP contribution in [0.15, 0.2) is 66.9 Å². The van der Waals surface area contributed by atoms with Crippen molar-refractivity contribution in [1.29, 1.82) is 0 Å². The van der Waals surface area contributed by atoms with Crippen molar-refractivity contribution in [2.24, 2.45) is 17.8 Å². The van der Waals surface area contributed by atoms with Crippen molar-refractivity contribution < 1.29 is 42.1 Å². The van der Waals surface area contributed by atoms with Crippen LogP contribution in [-0.4, -0.2) is 125 Å². The molecule has 300 valence electrons. The Morgan fingerprint density at radius 1 is 1.12 bits per heavy atom. The Labute approximate surface area is 323 Å². The highest BCUT2D eigenvalue weighted by Gasteiger charge is 2.44. The smallest absolute Gasteiger partial charge is 0.407 e. The summed E-state index contributed by atoms with van der Waals surface area (Å²) in [4.78, 5) is 49.3. The summed E-state index contributed by atoms with van der Waals surface area (Å²) >= 11 is 0. The van der Waals surface area contributed by atoms with Crippen molar-refractivity contribution in [3.05, 3.63) is 89.9 Å². The summed E-state index contributed by atoms with van der Waals surface area (Å²) in [6, 6.07) is 11.7. The Bertz CT molecular complexity index is 1890. The van der Waals surface area contributed by atoms with Gasteiger partial charge >= 0.3 is 12.1 Å². The van der Waals surface area contributed by atoms with Crippen LogP contribution in [0, 0.1) is 29.4 Å². The number of carbonyl (C=O) groups excluding carboxylic acids is 3. The number of imidazole rings is 1. The molecule has 4 aliphatic heterocycles. The number of nitrogens with zero attached hydrogens (tertiary/aromatic N) is 5. The summed E-state index contributed by atoms with van der Waals surface area (Å²) in [5, 5.41) is 15.7. The normalized spacial score (nSPS) is 24.5. The summed E-state index contributed by atoms with van der Waals surface area (Å²) < 4.78 is 58.7. The Morgan fingerprint density at radius 3 is 2.62 bits per heavy atom. The molecule has 0 bridgehead atoms. The molecule has 2 aromatic carbocycles. The fourth-order valence-corrected chi connectivity index (χ4v) is 8.10. The van der Waals surface area contributed by atoms with Crippen molar-refractivity contribution in [3.8, 4) is 11.3 Å². The number of aliphatic hydroxyl groups is 1. The van der Waals surface area contributed by atoms with Gasteiger partial charge in [0.25, 0.3) is 0 Å². The lowest BCUT2D eigenvalue weighted by Crippen LogP contribution is -2.50. The fraction of sp³-hybridized carbons (Fsp3) is 0.500. The lowest BCUT2D eigenvalue weighted by atomic mass is 9.89. The zero-order valence-electron chi connectivity index (χ0n) is 31.2. The monoisotopic (exact) mass is 779 g/mol. The molecule has 5 heterocycles. The van der Waals surface area contributed by atoms with Crippen molar-refractivity contribution in [1.82, 2.24) is 34.9 Å². The highest BCUT2D eigenvalue weighted by Crippen LogP contribution is 2.39. The van der Waals surface area contributed by atoms with Crippen LogP contribution in [0.1, 0.15) is 37.2 Å². The van der Waals surface area contributed by atoms with E-state index in [1.807, 2.05) is 41.8 Å². The van der Waals surface area contributed by atoms with Gasteiger partial charge in [0, 0.05) is 88.7 Å². The number of aliphatic hydroxyl groups excluding tert-OH is 1. The van der Waals surface area contributed by atoms with Crippen molar-refractivity contribution in [3.63, 3.8) is 0 Å². The number of nitrogens with one attached hydrogen (secondary N) is 2. The number of hydrogen-bond acceptors (Lipinski definition) is 8. The first-order chi connectivity index (χ1) is 27.0. The molecule has 0 spiro atoms. The van der Waals surface area contributed by atoms with Crippen LogP contribution in [0.25, 0.3) is 11.3 Å². The van der Waals surface area contributed by atoms with E-state index in [-0.39, 0.29) is 74.3 Å². The van der Waals surface area contributed by atoms with Gasteiger partial charge < -0.3 is 44.5 Å². The summed E-state index contributed by atoms with van der Waals surface area (Å²) in [6.07, 6.45) is 1.83. The van der Waals surface area contributed by atoms with E-state index in [2.05, 4.69) is 10.6 Å². The zero-order chi connectivity index (χ0) is 39.3. The van der Waals surface area contributed by atoms with Gasteiger partial charge in [0.1, 0.15) is 36.0 Å². The van der Waals surface area contributed by atoms with Crippen LogP contribution < -0.4 is 10.6 Å². The van der Waals surface area contributed by atoms with Gasteiger partial charge in [-0.15, -0.1) is 0 Å². The second-order valence-corrected chi connectivity index (χ2v) is 15.0. The number of likely N-dealkylation sites (tertiary alicyclic amines) is 1. The standard InChI is InChI=1S/C40H48F3N7O6/c1-25-20-48(24-34(25)56-39(53)45-13-14-49-35(51)9-10-36(49)52)40(54)50(22-28-18-44-19-32(28)43)37(27-11-15-55-16-12-27)38-46-33(30-17-29(41)7-8-31(30)42)23-47(38)21-26-5-3-2-4-6-26/h2-10,17,23,25,27-28,32,34-35,37,44,51H,11-16,18-22,24H2,1H3,(H,45,53)/t25-,28+,32+,34+,35?,37-/m1/s1. The van der Waals surface area contributed by atoms with Gasteiger partial charge in [-0.05, 0) is 48.6 Å². The number of aromatic nitrogens is 2. The molecular formula is C40H48F3N7O6. The molecule has 3 aromatic rings. The van der Waals surface area contributed by atoms with Gasteiger partial charge in [-0.1, -0.05) is 37.3 Å². The number of amides is 4. The molecule has 13 nitrogen and oxygen atoms in total. The van der Waals surface area contributed by atoms with E-state index in [4.69, 9.17) is 14.5 Å². The average molecular weight is 780 g/mol. The molecule has 0 radical (unpaired) electrons. The summed E-state index contributed by atoms with van der Waals surface area (Å²) in [5.74, 6) is -2.09. The number of alkyl halides is 1. The first-order valence-corrected chi connectivity index (χ1v) is 19.2. The SMILES string of the molecule is C[C@@H]1CN(C(=O)N(C[C@@H]2CNC[C@@H]2F)[C@@H](c2nc(-c3cc(F)ccc3F)cn2Cc2ccccc2)C2CCOCC2)C[C@@H]1OC(=O)NCCN1C(=O)C=CC1O. The maximum absolute atomic E-state index is 15.4. The van der Waals surface area contributed by atoms with E-state index in [9.17, 15) is 19.1 Å². The van der Waals surface area contributed by atoms with Gasteiger partial charge in [-0.3, -0.25) is 4.79 Å². The van der Waals surface area contributed by atoms with Crippen LogP contribution >= 0.6 is 0 Å². The molecule has 1 aromatic heterocycles. The van der Waals surface area contributed by atoms with Gasteiger partial charge in [0.05, 0.1) is 18.3 Å². The quantitative estimate of drug-likeness (QED) is 0.250. The van der Waals surface area contributed by atoms with Gasteiger partial charge in [0.2, 0.25) is 5.91 Å². The lowest BCUT2D eigenvalue weighted by Gasteiger charge is -2.41. The number of halogens is 3. The maximum atomic E-state index is 15.4. The minimum Gasteiger partial charge on any atom is -0.444 e. The van der Waals surface area contributed by atoms with Gasteiger partial charge in [-0.25, -0.2) is 27.7 Å². The number of hydrogen-bond donors (Lipinski definition) is 3. The van der Waals surface area contributed by atoms with Gasteiger partial charge in [-0.2, -0.15) is 0 Å². The predicted molar refractivity (Wildman–Crippen MR) is 199 cm³/mol. The number of carbonyl (C=O) groups is 3.